The van der Waals surface area contributed by atoms with Gasteiger partial charge in [0.15, 0.2) is 11.6 Å². The van der Waals surface area contributed by atoms with Gasteiger partial charge in [-0.3, -0.25) is 9.48 Å². The van der Waals surface area contributed by atoms with Crippen LogP contribution >= 0.6 is 0 Å². The van der Waals surface area contributed by atoms with Crippen LogP contribution in [0.25, 0.3) is 33.9 Å². The summed E-state index contributed by atoms with van der Waals surface area (Å²) in [6, 6.07) is 5.36. The van der Waals surface area contributed by atoms with E-state index in [9.17, 15) is 4.79 Å². The zero-order chi connectivity index (χ0) is 18.4. The maximum Gasteiger partial charge on any atom is 0.248 e. The van der Waals surface area contributed by atoms with Gasteiger partial charge < -0.3 is 15.3 Å². The summed E-state index contributed by atoms with van der Waals surface area (Å²) in [4.78, 5) is 19.3. The van der Waals surface area contributed by atoms with Crippen LogP contribution < -0.4 is 5.73 Å². The third-order valence-corrected chi connectivity index (χ3v) is 4.30. The van der Waals surface area contributed by atoms with Gasteiger partial charge in [-0.05, 0) is 32.0 Å². The first-order valence-electron chi connectivity index (χ1n) is 8.20. The van der Waals surface area contributed by atoms with Crippen molar-refractivity contribution in [1.29, 1.82) is 0 Å². The fourth-order valence-electron chi connectivity index (χ4n) is 3.03. The monoisotopic (exact) mass is 350 g/mol. The van der Waals surface area contributed by atoms with Gasteiger partial charge in [0, 0.05) is 24.7 Å². The van der Waals surface area contributed by atoms with Gasteiger partial charge in [0.05, 0.1) is 23.1 Å². The lowest BCUT2D eigenvalue weighted by atomic mass is 10.1. The van der Waals surface area contributed by atoms with Crippen molar-refractivity contribution in [2.24, 2.45) is 12.8 Å². The molecule has 0 saturated carbocycles. The molecule has 0 aliphatic heterocycles. The van der Waals surface area contributed by atoms with E-state index in [1.807, 2.05) is 36.2 Å². The first-order valence-corrected chi connectivity index (χ1v) is 8.20. The zero-order valence-electron chi connectivity index (χ0n) is 14.7. The summed E-state index contributed by atoms with van der Waals surface area (Å²) in [7, 11) is 1.86. The number of imidazole rings is 1. The van der Waals surface area contributed by atoms with Crippen LogP contribution in [0.1, 0.15) is 23.0 Å². The number of H-pyrrole nitrogens is 1. The number of carbonyl (C=O) groups excluding carboxylic acids is 1. The van der Waals surface area contributed by atoms with Gasteiger partial charge in [0.1, 0.15) is 5.69 Å². The maximum absolute atomic E-state index is 11.7. The second-order valence-corrected chi connectivity index (χ2v) is 6.12. The van der Waals surface area contributed by atoms with E-state index in [0.29, 0.717) is 22.8 Å². The quantitative estimate of drug-likeness (QED) is 0.580. The van der Waals surface area contributed by atoms with Crippen molar-refractivity contribution in [2.75, 3.05) is 0 Å². The molecule has 0 atom stereocenters. The molecule has 3 aromatic heterocycles. The number of nitrogens with zero attached hydrogens (tertiary/aromatic N) is 6. The molecule has 26 heavy (non-hydrogen) atoms. The van der Waals surface area contributed by atoms with E-state index in [1.165, 1.54) is 0 Å². The molecule has 1 amide bonds. The number of nitrogens with two attached hydrogens (primary N) is 1. The van der Waals surface area contributed by atoms with Crippen molar-refractivity contribution in [3.05, 3.63) is 35.8 Å². The average Bonchev–Trinajstić information content (AvgIpc) is 3.32. The number of aryl methyl sites for hydroxylation is 3. The molecule has 0 radical (unpaired) electrons. The number of carbonyl (C=O) groups is 1. The number of rotatable bonds is 4. The highest BCUT2D eigenvalue weighted by Crippen LogP contribution is 2.28. The maximum atomic E-state index is 11.7. The Bertz CT molecular complexity index is 1130. The van der Waals surface area contributed by atoms with E-state index in [0.717, 1.165) is 29.0 Å². The molecule has 0 bridgehead atoms. The number of amides is 1. The zero-order valence-corrected chi connectivity index (χ0v) is 14.7. The number of primary amides is 1. The lowest BCUT2D eigenvalue weighted by Crippen LogP contribution is -2.11. The molecule has 3 N–H and O–H groups in total. The lowest BCUT2D eigenvalue weighted by molar-refractivity contribution is 0.100. The molecule has 4 rings (SSSR count). The second-order valence-electron chi connectivity index (χ2n) is 6.12. The largest absolute Gasteiger partial charge is 0.366 e. The van der Waals surface area contributed by atoms with Crippen molar-refractivity contribution in [1.82, 2.24) is 34.5 Å². The molecular formula is C17H18N8O. The molecular weight excluding hydrogens is 332 g/mol. The smallest absolute Gasteiger partial charge is 0.248 e. The molecule has 132 valence electrons. The molecule has 1 aromatic carbocycles. The number of hydrogen-bond acceptors (Lipinski definition) is 5. The molecule has 0 unspecified atom stereocenters. The minimum Gasteiger partial charge on any atom is -0.366 e. The van der Waals surface area contributed by atoms with Crippen molar-refractivity contribution >= 4 is 16.9 Å². The lowest BCUT2D eigenvalue weighted by Gasteiger charge is -2.04. The van der Waals surface area contributed by atoms with Crippen LogP contribution in [0.5, 0.6) is 0 Å². The van der Waals surface area contributed by atoms with Crippen LogP contribution in [0.2, 0.25) is 0 Å². The highest BCUT2D eigenvalue weighted by Gasteiger charge is 2.18. The van der Waals surface area contributed by atoms with Crippen LogP contribution in [0.15, 0.2) is 24.5 Å². The van der Waals surface area contributed by atoms with E-state index < -0.39 is 5.91 Å². The number of aromatic nitrogens is 7. The van der Waals surface area contributed by atoms with E-state index in [1.54, 1.807) is 18.5 Å². The highest BCUT2D eigenvalue weighted by molar-refractivity contribution is 6.01. The fourth-order valence-corrected chi connectivity index (χ4v) is 3.03. The van der Waals surface area contributed by atoms with Crippen molar-refractivity contribution in [3.63, 3.8) is 0 Å². The Morgan fingerprint density at radius 1 is 1.23 bits per heavy atom. The first-order chi connectivity index (χ1) is 12.5. The van der Waals surface area contributed by atoms with Gasteiger partial charge in [-0.2, -0.15) is 5.10 Å². The van der Waals surface area contributed by atoms with Crippen LogP contribution in [0.4, 0.5) is 0 Å². The van der Waals surface area contributed by atoms with E-state index in [4.69, 9.17) is 5.73 Å². The molecule has 9 heteroatoms. The molecule has 0 saturated heterocycles. The standard InChI is InChI=1S/C17H18N8O/c1-4-25-13(5-9(2)23-25)17-20-16(21-22-17)11-6-10(15(18)26)7-12-14(11)19-8-24(12)3/h5-8H,4H2,1-3H3,(H2,18,26)(H,20,21,22). The van der Waals surface area contributed by atoms with Crippen LogP contribution in [0.3, 0.4) is 0 Å². The van der Waals surface area contributed by atoms with E-state index in [2.05, 4.69) is 25.3 Å². The fraction of sp³-hybridized carbons (Fsp3) is 0.235. The summed E-state index contributed by atoms with van der Waals surface area (Å²) >= 11 is 0. The molecule has 0 aliphatic carbocycles. The second kappa shape index (κ2) is 5.80. The van der Waals surface area contributed by atoms with Gasteiger partial charge >= 0.3 is 0 Å². The molecule has 0 aliphatic rings. The highest BCUT2D eigenvalue weighted by atomic mass is 16.1. The van der Waals surface area contributed by atoms with Crippen LogP contribution in [-0.4, -0.2) is 40.4 Å². The minimum atomic E-state index is -0.506. The number of fused-ring (bicyclic) bond motifs is 1. The summed E-state index contributed by atoms with van der Waals surface area (Å²) in [6.07, 6.45) is 1.69. The van der Waals surface area contributed by atoms with Crippen LogP contribution in [-0.2, 0) is 13.6 Å². The molecule has 3 heterocycles. The van der Waals surface area contributed by atoms with Gasteiger partial charge in [-0.25, -0.2) is 4.98 Å². The van der Waals surface area contributed by atoms with Gasteiger partial charge in [0.25, 0.3) is 0 Å². The predicted octanol–water partition coefficient (Wildman–Crippen LogP) is 1.65. The Hall–Kier alpha value is -3.49. The Morgan fingerprint density at radius 2 is 2.00 bits per heavy atom. The average molecular weight is 350 g/mol. The van der Waals surface area contributed by atoms with Crippen molar-refractivity contribution in [3.8, 4) is 22.9 Å². The Balaban J connectivity index is 1.89. The third kappa shape index (κ3) is 2.44. The Morgan fingerprint density at radius 3 is 2.73 bits per heavy atom. The summed E-state index contributed by atoms with van der Waals surface area (Å²) in [5.74, 6) is 0.623. The SMILES string of the molecule is CCn1nc(C)cc1-c1nnc(-c2cc(C(N)=O)cc3c2ncn3C)[nH]1. The number of nitrogens with one attached hydrogen (secondary N) is 1. The summed E-state index contributed by atoms with van der Waals surface area (Å²) in [5, 5.41) is 12.9. The van der Waals surface area contributed by atoms with E-state index >= 15 is 0 Å². The van der Waals surface area contributed by atoms with Crippen molar-refractivity contribution in [2.45, 2.75) is 20.4 Å². The number of hydrogen-bond donors (Lipinski definition) is 2. The normalized spacial score (nSPS) is 11.3. The number of aromatic amines is 1. The number of benzene rings is 1. The summed E-state index contributed by atoms with van der Waals surface area (Å²) in [5.41, 5.74) is 9.83. The molecule has 9 nitrogen and oxygen atoms in total. The summed E-state index contributed by atoms with van der Waals surface area (Å²) < 4.78 is 3.69. The Labute approximate surface area is 148 Å². The van der Waals surface area contributed by atoms with Crippen LogP contribution in [0, 0.1) is 6.92 Å². The Kier molecular flexibility index (Phi) is 3.57. The molecule has 4 aromatic rings. The first kappa shape index (κ1) is 16.0. The van der Waals surface area contributed by atoms with Gasteiger partial charge in [0.2, 0.25) is 5.91 Å². The van der Waals surface area contributed by atoms with E-state index in [-0.39, 0.29) is 0 Å². The van der Waals surface area contributed by atoms with Gasteiger partial charge in [-0.1, -0.05) is 0 Å². The van der Waals surface area contributed by atoms with Gasteiger partial charge in [-0.15, -0.1) is 10.2 Å². The molecule has 0 fully saturated rings. The predicted molar refractivity (Wildman–Crippen MR) is 96.2 cm³/mol. The minimum absolute atomic E-state index is 0.392. The molecule has 0 spiro atoms. The topological polar surface area (TPSA) is 120 Å². The summed E-state index contributed by atoms with van der Waals surface area (Å²) in [6.45, 7) is 4.67. The van der Waals surface area contributed by atoms with Crippen molar-refractivity contribution < 1.29 is 4.79 Å². The third-order valence-electron chi connectivity index (χ3n) is 4.30.